The van der Waals surface area contributed by atoms with Crippen LogP contribution in [0.5, 0.6) is 0 Å². The maximum atomic E-state index is 11.5. The van der Waals surface area contributed by atoms with Gasteiger partial charge < -0.3 is 28.4 Å². The smallest absolute Gasteiger partial charge is 0.352 e. The van der Waals surface area contributed by atoms with E-state index in [2.05, 4.69) is 37.1 Å². The first-order valence-corrected chi connectivity index (χ1v) is 13.7. The number of aliphatic hydroxyl groups excluding tert-OH is 1. The van der Waals surface area contributed by atoms with Crippen molar-refractivity contribution < 1.29 is 37.8 Å². The van der Waals surface area contributed by atoms with Crippen molar-refractivity contribution in [2.45, 2.75) is 70.2 Å². The molecule has 0 aromatic carbocycles. The summed E-state index contributed by atoms with van der Waals surface area (Å²) >= 11 is 0. The van der Waals surface area contributed by atoms with Gasteiger partial charge in [0.1, 0.15) is 30.1 Å². The largest absolute Gasteiger partial charge is 0.465 e. The average molecular weight is 464 g/mol. The second-order valence-electron chi connectivity index (χ2n) is 8.57. The number of nitrogens with zero attached hydrogens (tertiary/aromatic N) is 1. The van der Waals surface area contributed by atoms with Crippen LogP contribution in [0.2, 0.25) is 18.1 Å². The molecule has 30 heavy (non-hydrogen) atoms. The van der Waals surface area contributed by atoms with E-state index < -0.39 is 47.0 Å². The molecule has 0 spiro atoms. The highest BCUT2D eigenvalue weighted by atomic mass is 31.1. The number of hydrogen-bond donors (Lipinski definition) is 2. The molecule has 0 aromatic heterocycles. The number of ether oxygens (including phenoxy) is 2. The molecular weight excluding hydrogens is 429 g/mol. The van der Waals surface area contributed by atoms with Gasteiger partial charge in [-0.2, -0.15) is 0 Å². The molecule has 0 radical (unpaired) electrons. The van der Waals surface area contributed by atoms with Crippen molar-refractivity contribution in [2.24, 2.45) is 4.99 Å². The lowest BCUT2D eigenvalue weighted by Crippen LogP contribution is -2.50. The molecule has 172 valence electrons. The third-order valence-electron chi connectivity index (χ3n) is 5.37. The number of aliphatic imine (C=N–C) groups is 1. The normalized spacial score (nSPS) is 26.8. The number of hydrogen-bond acceptors (Lipinski definition) is 8. The summed E-state index contributed by atoms with van der Waals surface area (Å²) in [5.41, 5.74) is 0.541. The summed E-state index contributed by atoms with van der Waals surface area (Å²) in [7, 11) is -4.36. The zero-order valence-electron chi connectivity index (χ0n) is 18.7. The van der Waals surface area contributed by atoms with E-state index >= 15 is 0 Å². The third kappa shape index (κ3) is 6.95. The lowest BCUT2D eigenvalue weighted by atomic mass is 10.0. The van der Waals surface area contributed by atoms with Crippen LogP contribution in [0, 0.1) is 0 Å². The van der Waals surface area contributed by atoms with E-state index in [1.807, 2.05) is 13.1 Å². The molecule has 1 heterocycles. The first-order chi connectivity index (χ1) is 13.7. The Labute approximate surface area is 179 Å². The minimum atomic E-state index is -3.31. The summed E-state index contributed by atoms with van der Waals surface area (Å²) < 4.78 is 33.7. The molecule has 1 fully saturated rings. The van der Waals surface area contributed by atoms with Crippen molar-refractivity contribution in [3.63, 3.8) is 0 Å². The van der Waals surface area contributed by atoms with Gasteiger partial charge in [0.25, 0.3) is 0 Å². The van der Waals surface area contributed by atoms with Crippen LogP contribution < -0.4 is 0 Å². The predicted molar refractivity (Wildman–Crippen MR) is 117 cm³/mol. The minimum Gasteiger partial charge on any atom is -0.465 e. The van der Waals surface area contributed by atoms with E-state index in [0.29, 0.717) is 5.57 Å². The molecule has 1 rings (SSSR count). The van der Waals surface area contributed by atoms with Gasteiger partial charge in [-0.05, 0) is 36.7 Å². The van der Waals surface area contributed by atoms with Crippen LogP contribution in [0.15, 0.2) is 29.4 Å². The fraction of sp³-hybridized carbons (Fsp3) is 0.684. The van der Waals surface area contributed by atoms with E-state index in [-0.39, 0.29) is 17.4 Å². The molecule has 11 heteroatoms. The number of aliphatic hydroxyl groups is 1. The van der Waals surface area contributed by atoms with Crippen molar-refractivity contribution in [3.05, 3.63) is 24.4 Å². The fourth-order valence-electron chi connectivity index (χ4n) is 2.62. The van der Waals surface area contributed by atoms with Gasteiger partial charge in [-0.1, -0.05) is 27.4 Å². The summed E-state index contributed by atoms with van der Waals surface area (Å²) in [6.07, 6.45) is -0.398. The molecule has 1 saturated heterocycles. The van der Waals surface area contributed by atoms with Crippen molar-refractivity contribution in [1.82, 2.24) is 0 Å². The van der Waals surface area contributed by atoms with Crippen LogP contribution in [0.25, 0.3) is 0 Å². The van der Waals surface area contributed by atoms with Crippen molar-refractivity contribution in [3.8, 4) is 0 Å². The second-order valence-corrected chi connectivity index (χ2v) is 14.1. The Balaban J connectivity index is 3.15. The molecule has 0 saturated carbocycles. The third-order valence-corrected chi connectivity index (χ3v) is 10.3. The molecular formula is C19H34NO8PSi. The van der Waals surface area contributed by atoms with Gasteiger partial charge in [0.05, 0.1) is 13.7 Å². The van der Waals surface area contributed by atoms with Crippen molar-refractivity contribution in [2.75, 3.05) is 13.7 Å². The lowest BCUT2D eigenvalue weighted by Gasteiger charge is -2.40. The quantitative estimate of drug-likeness (QED) is 0.176. The summed E-state index contributed by atoms with van der Waals surface area (Å²) in [5, 5.41) is 9.70. The average Bonchev–Trinajstić information content (AvgIpc) is 2.96. The first-order valence-electron chi connectivity index (χ1n) is 9.57. The lowest BCUT2D eigenvalue weighted by molar-refractivity contribution is -0.132. The molecule has 1 aliphatic rings. The Hall–Kier alpha value is -1.13. The zero-order valence-corrected chi connectivity index (χ0v) is 20.7. The summed E-state index contributed by atoms with van der Waals surface area (Å²) in [5.74, 6) is -0.564. The van der Waals surface area contributed by atoms with Gasteiger partial charge in [0.2, 0.25) is 0 Å². The van der Waals surface area contributed by atoms with Crippen molar-refractivity contribution in [1.29, 1.82) is 0 Å². The molecule has 2 unspecified atom stereocenters. The second kappa shape index (κ2) is 10.9. The summed E-state index contributed by atoms with van der Waals surface area (Å²) in [4.78, 5) is 24.8. The molecule has 1 aliphatic heterocycles. The maximum Gasteiger partial charge on any atom is 0.352 e. The van der Waals surface area contributed by atoms with E-state index in [1.165, 1.54) is 26.3 Å². The van der Waals surface area contributed by atoms with Gasteiger partial charge in [-0.3, -0.25) is 9.56 Å². The van der Waals surface area contributed by atoms with E-state index in [9.17, 15) is 19.4 Å². The molecule has 2 N–H and O–H groups in total. The number of carbonyl (C=O) groups excluding carboxylic acids is 1. The van der Waals surface area contributed by atoms with Crippen LogP contribution in [-0.2, 0) is 27.8 Å². The van der Waals surface area contributed by atoms with Crippen molar-refractivity contribution >= 4 is 28.3 Å². The molecule has 5 atom stereocenters. The van der Waals surface area contributed by atoms with E-state index in [4.69, 9.17) is 13.7 Å². The Morgan fingerprint density at radius 3 is 2.40 bits per heavy atom. The Bertz CT molecular complexity index is 716. The number of rotatable bonds is 9. The standard InChI is InChI=1S/C19H34NO8PSi/c1-12(9-10-20-13(2)18(22)25-6)15-17(27-29(23)24)16(14(11-21)26-15)28-30(7,8)19(3,4)5/h9-10,14-17,21,29H,1,11H2,2-8H3,(H,23,24)/b10-9-,20-13+/t14-,15+,16?,17+/m1/s1. The Morgan fingerprint density at radius 2 is 1.93 bits per heavy atom. The van der Waals surface area contributed by atoms with Crippen LogP contribution in [0.4, 0.5) is 0 Å². The highest BCUT2D eigenvalue weighted by molar-refractivity contribution is 7.32. The van der Waals surface area contributed by atoms with E-state index in [1.54, 1.807) is 0 Å². The first kappa shape index (κ1) is 26.9. The highest BCUT2D eigenvalue weighted by Crippen LogP contribution is 2.42. The zero-order chi connectivity index (χ0) is 23.3. The Morgan fingerprint density at radius 1 is 1.33 bits per heavy atom. The molecule has 0 bridgehead atoms. The van der Waals surface area contributed by atoms with Crippen LogP contribution >= 0.6 is 8.25 Å². The number of esters is 1. The predicted octanol–water partition coefficient (Wildman–Crippen LogP) is 2.61. The van der Waals surface area contributed by atoms with Gasteiger partial charge >= 0.3 is 14.2 Å². The maximum absolute atomic E-state index is 11.5. The number of methoxy groups -OCH3 is 1. The summed E-state index contributed by atoms with van der Waals surface area (Å²) in [6.45, 7) is 15.3. The van der Waals surface area contributed by atoms with Gasteiger partial charge in [-0.25, -0.2) is 4.79 Å². The van der Waals surface area contributed by atoms with Crippen LogP contribution in [-0.4, -0.2) is 68.1 Å². The van der Waals surface area contributed by atoms with Gasteiger partial charge in [0.15, 0.2) is 8.32 Å². The number of carbonyl (C=O) groups is 1. The molecule has 0 aromatic rings. The monoisotopic (exact) mass is 463 g/mol. The van der Waals surface area contributed by atoms with Crippen LogP contribution in [0.3, 0.4) is 0 Å². The molecule has 9 nitrogen and oxygen atoms in total. The minimum absolute atomic E-state index is 0.128. The molecule has 0 amide bonds. The summed E-state index contributed by atoms with van der Waals surface area (Å²) in [6, 6.07) is 0. The molecule has 0 aliphatic carbocycles. The fourth-order valence-corrected chi connectivity index (χ4v) is 4.43. The van der Waals surface area contributed by atoms with E-state index in [0.717, 1.165) is 0 Å². The highest BCUT2D eigenvalue weighted by Gasteiger charge is 2.51. The SMILES string of the molecule is C=C(/C=C\N=C(/C)C(=O)OC)[C@@H]1O[C@H](CO)C(O[Si](C)(C)C(C)(C)C)[C@H]1O[PH](=O)O. The topological polar surface area (TPSA) is 124 Å². The Kier molecular flexibility index (Phi) is 9.82. The van der Waals surface area contributed by atoms with Gasteiger partial charge in [0, 0.05) is 6.20 Å². The van der Waals surface area contributed by atoms with Gasteiger partial charge in [-0.15, -0.1) is 0 Å². The van der Waals surface area contributed by atoms with Crippen LogP contribution in [0.1, 0.15) is 27.7 Å².